The molecule has 0 aromatic rings. The van der Waals surface area contributed by atoms with Crippen molar-refractivity contribution in [2.45, 2.75) is 456 Å². The van der Waals surface area contributed by atoms with E-state index in [0.29, 0.717) is 25.9 Å². The van der Waals surface area contributed by atoms with Crippen LogP contribution in [0.15, 0.2) is 24.3 Å². The lowest BCUT2D eigenvalue weighted by atomic mass is 10.0. The van der Waals surface area contributed by atoms with Crippen molar-refractivity contribution in [2.75, 3.05) is 13.2 Å². The highest BCUT2D eigenvalue weighted by atomic mass is 16.5. The van der Waals surface area contributed by atoms with Crippen LogP contribution in [-0.4, -0.2) is 47.4 Å². The highest BCUT2D eigenvalue weighted by Crippen LogP contribution is 2.20. The second kappa shape index (κ2) is 74.8. The first-order valence-electron chi connectivity index (χ1n) is 39.1. The molecule has 1 amide bonds. The summed E-state index contributed by atoms with van der Waals surface area (Å²) in [5.41, 5.74) is 0. The lowest BCUT2D eigenvalue weighted by molar-refractivity contribution is -0.143. The summed E-state index contributed by atoms with van der Waals surface area (Å²) in [6.45, 7) is 4.97. The molecule has 6 nitrogen and oxygen atoms in total. The molecule has 504 valence electrons. The van der Waals surface area contributed by atoms with Gasteiger partial charge in [0.25, 0.3) is 0 Å². The van der Waals surface area contributed by atoms with Crippen molar-refractivity contribution in [2.24, 2.45) is 0 Å². The molecule has 0 saturated heterocycles. The molecule has 0 aliphatic heterocycles. The number of esters is 1. The van der Waals surface area contributed by atoms with Gasteiger partial charge in [0.2, 0.25) is 5.91 Å². The molecule has 6 heteroatoms. The van der Waals surface area contributed by atoms with Crippen molar-refractivity contribution in [1.29, 1.82) is 0 Å². The average Bonchev–Trinajstić information content (AvgIpc) is 3.52. The number of carbonyl (C=O) groups is 2. The maximum Gasteiger partial charge on any atom is 0.305 e. The molecule has 2 atom stereocenters. The lowest BCUT2D eigenvalue weighted by Gasteiger charge is -2.22. The molecule has 0 heterocycles. The fourth-order valence-electron chi connectivity index (χ4n) is 12.6. The fraction of sp³-hybridized carbons (Fsp3) is 0.924. The van der Waals surface area contributed by atoms with E-state index in [-0.39, 0.29) is 18.5 Å². The third-order valence-electron chi connectivity index (χ3n) is 18.5. The zero-order valence-corrected chi connectivity index (χ0v) is 57.9. The van der Waals surface area contributed by atoms with Crippen LogP contribution in [0.5, 0.6) is 0 Å². The van der Waals surface area contributed by atoms with E-state index < -0.39 is 12.1 Å². The van der Waals surface area contributed by atoms with E-state index in [1.54, 1.807) is 0 Å². The molecule has 0 spiro atoms. The van der Waals surface area contributed by atoms with Crippen molar-refractivity contribution in [3.63, 3.8) is 0 Å². The summed E-state index contributed by atoms with van der Waals surface area (Å²) in [4.78, 5) is 24.6. The van der Waals surface area contributed by atoms with E-state index in [4.69, 9.17) is 4.74 Å². The second-order valence-electron chi connectivity index (χ2n) is 27.0. The molecule has 0 saturated carbocycles. The summed E-state index contributed by atoms with van der Waals surface area (Å²) in [6, 6.07) is -0.536. The number of rotatable bonds is 74. The van der Waals surface area contributed by atoms with Gasteiger partial charge in [0.1, 0.15) is 0 Å². The van der Waals surface area contributed by atoms with Crippen LogP contribution >= 0.6 is 0 Å². The van der Waals surface area contributed by atoms with Crippen LogP contribution < -0.4 is 5.32 Å². The Morgan fingerprint density at radius 1 is 0.329 bits per heavy atom. The number of hydrogen-bond acceptors (Lipinski definition) is 5. The van der Waals surface area contributed by atoms with Crippen molar-refractivity contribution in [1.82, 2.24) is 5.32 Å². The van der Waals surface area contributed by atoms with Crippen LogP contribution in [0.2, 0.25) is 0 Å². The van der Waals surface area contributed by atoms with Crippen LogP contribution in [0.1, 0.15) is 444 Å². The number of unbranched alkanes of at least 4 members (excludes halogenated alkanes) is 59. The summed E-state index contributed by atoms with van der Waals surface area (Å²) in [5, 5.41) is 23.3. The molecule has 0 rings (SSSR count). The number of aliphatic hydroxyl groups excluding tert-OH is 2. The predicted octanol–water partition coefficient (Wildman–Crippen LogP) is 25.7. The van der Waals surface area contributed by atoms with Gasteiger partial charge < -0.3 is 20.3 Å². The topological polar surface area (TPSA) is 95.9 Å². The highest BCUT2D eigenvalue weighted by Gasteiger charge is 2.20. The molecule has 0 aromatic heterocycles. The summed E-state index contributed by atoms with van der Waals surface area (Å²) >= 11 is 0. The van der Waals surface area contributed by atoms with Gasteiger partial charge in [0.05, 0.1) is 25.4 Å². The van der Waals surface area contributed by atoms with Gasteiger partial charge in [-0.05, 0) is 57.8 Å². The Balaban J connectivity index is 3.28. The van der Waals surface area contributed by atoms with Gasteiger partial charge in [-0.15, -0.1) is 0 Å². The normalized spacial score (nSPS) is 12.6. The number of aliphatic hydroxyl groups is 2. The Hall–Kier alpha value is -1.66. The molecule has 0 bridgehead atoms. The highest BCUT2D eigenvalue weighted by molar-refractivity contribution is 5.76. The lowest BCUT2D eigenvalue weighted by Crippen LogP contribution is -2.45. The predicted molar refractivity (Wildman–Crippen MR) is 375 cm³/mol. The van der Waals surface area contributed by atoms with Crippen LogP contribution in [0.25, 0.3) is 0 Å². The maximum absolute atomic E-state index is 12.5. The van der Waals surface area contributed by atoms with Gasteiger partial charge in [0, 0.05) is 12.8 Å². The van der Waals surface area contributed by atoms with Crippen molar-refractivity contribution >= 4 is 11.9 Å². The van der Waals surface area contributed by atoms with E-state index in [1.165, 1.54) is 360 Å². The van der Waals surface area contributed by atoms with Crippen LogP contribution in [0.4, 0.5) is 0 Å². The van der Waals surface area contributed by atoms with Gasteiger partial charge in [-0.3, -0.25) is 9.59 Å². The third kappa shape index (κ3) is 71.3. The number of amides is 1. The summed E-state index contributed by atoms with van der Waals surface area (Å²) in [6.07, 6.45) is 95.6. The van der Waals surface area contributed by atoms with Crippen LogP contribution in [0, 0.1) is 0 Å². The van der Waals surface area contributed by atoms with Gasteiger partial charge >= 0.3 is 5.97 Å². The number of allylic oxidation sites excluding steroid dienone is 4. The molecular formula is C79H153NO5. The number of hydrogen-bond donors (Lipinski definition) is 3. The van der Waals surface area contributed by atoms with Crippen LogP contribution in [-0.2, 0) is 14.3 Å². The average molecular weight is 1200 g/mol. The SMILES string of the molecule is CCCCC/C=C\C/C=C\CCCCCCCCCC(=O)OCCCCCCCCCCCCCCCCCCCCCCCCCCCCCCCCCCCCCCCC(=O)NC(CO)C(O)CCCCCCCCCCCCCCCC. The largest absolute Gasteiger partial charge is 0.466 e. The molecular weight excluding hydrogens is 1040 g/mol. The molecule has 0 radical (unpaired) electrons. The Kier molecular flexibility index (Phi) is 73.3. The Morgan fingerprint density at radius 2 is 0.588 bits per heavy atom. The zero-order valence-electron chi connectivity index (χ0n) is 57.9. The van der Waals surface area contributed by atoms with Gasteiger partial charge in [0.15, 0.2) is 0 Å². The first kappa shape index (κ1) is 83.3. The van der Waals surface area contributed by atoms with E-state index in [1.807, 2.05) is 0 Å². The van der Waals surface area contributed by atoms with Gasteiger partial charge in [-0.25, -0.2) is 0 Å². The van der Waals surface area contributed by atoms with E-state index in [9.17, 15) is 19.8 Å². The Morgan fingerprint density at radius 3 is 0.918 bits per heavy atom. The minimum atomic E-state index is -0.659. The molecule has 85 heavy (non-hydrogen) atoms. The third-order valence-corrected chi connectivity index (χ3v) is 18.5. The van der Waals surface area contributed by atoms with Gasteiger partial charge in [-0.1, -0.05) is 398 Å². The minimum absolute atomic E-state index is 0.0163. The molecule has 2 unspecified atom stereocenters. The second-order valence-corrected chi connectivity index (χ2v) is 27.0. The molecule has 3 N–H and O–H groups in total. The van der Waals surface area contributed by atoms with E-state index in [2.05, 4.69) is 43.5 Å². The Bertz CT molecular complexity index is 1330. The monoisotopic (exact) mass is 1200 g/mol. The van der Waals surface area contributed by atoms with E-state index >= 15 is 0 Å². The number of ether oxygens (including phenoxy) is 1. The van der Waals surface area contributed by atoms with E-state index in [0.717, 1.165) is 51.4 Å². The first-order valence-corrected chi connectivity index (χ1v) is 39.1. The number of nitrogens with one attached hydrogen (secondary N) is 1. The van der Waals surface area contributed by atoms with Crippen molar-refractivity contribution in [3.8, 4) is 0 Å². The molecule has 0 aromatic carbocycles. The zero-order chi connectivity index (χ0) is 61.3. The fourth-order valence-corrected chi connectivity index (χ4v) is 12.6. The minimum Gasteiger partial charge on any atom is -0.466 e. The van der Waals surface area contributed by atoms with Crippen molar-refractivity contribution in [3.05, 3.63) is 24.3 Å². The molecule has 0 aliphatic carbocycles. The number of carbonyl (C=O) groups excluding carboxylic acids is 2. The molecule has 0 fully saturated rings. The standard InChI is InChI=1S/C79H153NO5/c1-3-5-7-9-11-13-15-17-19-41-45-49-53-57-61-65-69-73-79(84)85-74-70-66-62-58-54-50-46-43-40-38-36-34-32-30-28-26-24-22-20-21-23-25-27-29-31-33-35-37-39-42-44-48-52-56-60-64-68-72-78(83)80-76(75-81)77(82)71-67-63-59-55-51-47-18-16-14-12-10-8-6-4-2/h11,13,17,19,76-77,81-82H,3-10,12,14-16,18,20-75H2,1-2H3,(H,80,83)/b13-11-,19-17-. The molecule has 0 aliphatic rings. The summed E-state index contributed by atoms with van der Waals surface area (Å²) < 4.78 is 5.51. The summed E-state index contributed by atoms with van der Waals surface area (Å²) in [7, 11) is 0. The van der Waals surface area contributed by atoms with Crippen molar-refractivity contribution < 1.29 is 24.5 Å². The van der Waals surface area contributed by atoms with Gasteiger partial charge in [-0.2, -0.15) is 0 Å². The summed E-state index contributed by atoms with van der Waals surface area (Å²) in [5.74, 6) is -0.00974. The first-order chi connectivity index (χ1) is 42.0. The Labute approximate surface area is 532 Å². The van der Waals surface area contributed by atoms with Crippen LogP contribution in [0.3, 0.4) is 0 Å². The quantitative estimate of drug-likeness (QED) is 0.0320. The maximum atomic E-state index is 12.5. The smallest absolute Gasteiger partial charge is 0.305 e.